The summed E-state index contributed by atoms with van der Waals surface area (Å²) in [5, 5.41) is 6.90. The molecule has 0 radical (unpaired) electrons. The first-order valence-corrected chi connectivity index (χ1v) is 8.50. The second-order valence-electron chi connectivity index (χ2n) is 5.90. The Hall–Kier alpha value is -2.04. The van der Waals surface area contributed by atoms with Crippen LogP contribution in [0.4, 0.5) is 5.82 Å². The number of piperidine rings is 1. The second-order valence-corrected chi connectivity index (χ2v) is 5.90. The normalized spacial score (nSPS) is 16.8. The smallest absolute Gasteiger partial charge is 0.191 e. The number of aliphatic imine (C=N–C) groups is 1. The summed E-state index contributed by atoms with van der Waals surface area (Å²) >= 11 is 0. The fourth-order valence-corrected chi connectivity index (χ4v) is 2.79. The summed E-state index contributed by atoms with van der Waals surface area (Å²) in [4.78, 5) is 11.3. The first-order chi connectivity index (χ1) is 11.2. The van der Waals surface area contributed by atoms with Gasteiger partial charge < -0.3 is 15.5 Å². The summed E-state index contributed by atoms with van der Waals surface area (Å²) in [6, 6.07) is 6.70. The Balaban J connectivity index is 1.77. The summed E-state index contributed by atoms with van der Waals surface area (Å²) in [5.41, 5.74) is 1.08. The SMILES string of the molecule is CC=CCCNC(=NC)NC1CCN(c2cccc(C)n2)CC1. The molecule has 1 aromatic rings. The Kier molecular flexibility index (Phi) is 6.91. The van der Waals surface area contributed by atoms with Gasteiger partial charge in [0.25, 0.3) is 0 Å². The van der Waals surface area contributed by atoms with Crippen LogP contribution in [0.5, 0.6) is 0 Å². The van der Waals surface area contributed by atoms with Crippen LogP contribution in [-0.4, -0.2) is 43.7 Å². The van der Waals surface area contributed by atoms with Gasteiger partial charge in [-0.3, -0.25) is 4.99 Å². The van der Waals surface area contributed by atoms with Crippen LogP contribution < -0.4 is 15.5 Å². The molecule has 1 saturated heterocycles. The molecular weight excluding hydrogens is 286 g/mol. The van der Waals surface area contributed by atoms with Gasteiger partial charge >= 0.3 is 0 Å². The molecule has 5 heteroatoms. The zero-order valence-electron chi connectivity index (χ0n) is 14.5. The van der Waals surface area contributed by atoms with Crippen molar-refractivity contribution in [3.8, 4) is 0 Å². The maximum Gasteiger partial charge on any atom is 0.191 e. The van der Waals surface area contributed by atoms with Gasteiger partial charge in [-0.05, 0) is 45.2 Å². The molecule has 1 aliphatic rings. The van der Waals surface area contributed by atoms with E-state index in [0.29, 0.717) is 6.04 Å². The van der Waals surface area contributed by atoms with Crippen molar-refractivity contribution in [3.05, 3.63) is 36.0 Å². The molecule has 126 valence electrons. The molecule has 0 unspecified atom stereocenters. The molecule has 2 N–H and O–H groups in total. The second kappa shape index (κ2) is 9.18. The van der Waals surface area contributed by atoms with E-state index in [2.05, 4.69) is 49.8 Å². The number of anilines is 1. The van der Waals surface area contributed by atoms with Crippen molar-refractivity contribution >= 4 is 11.8 Å². The molecule has 1 aliphatic heterocycles. The van der Waals surface area contributed by atoms with Crippen LogP contribution in [0.1, 0.15) is 31.9 Å². The number of nitrogens with zero attached hydrogens (tertiary/aromatic N) is 3. The molecule has 0 aliphatic carbocycles. The third-order valence-corrected chi connectivity index (χ3v) is 4.10. The number of aryl methyl sites for hydroxylation is 1. The Morgan fingerprint density at radius 3 is 2.83 bits per heavy atom. The van der Waals surface area contributed by atoms with E-state index in [1.807, 2.05) is 27.0 Å². The molecule has 1 aromatic heterocycles. The molecule has 0 spiro atoms. The van der Waals surface area contributed by atoms with E-state index in [1.54, 1.807) is 0 Å². The van der Waals surface area contributed by atoms with E-state index >= 15 is 0 Å². The lowest BCUT2D eigenvalue weighted by atomic mass is 10.1. The van der Waals surface area contributed by atoms with Gasteiger partial charge in [-0.25, -0.2) is 4.98 Å². The van der Waals surface area contributed by atoms with Gasteiger partial charge in [0.2, 0.25) is 0 Å². The minimum atomic E-state index is 0.476. The molecule has 1 fully saturated rings. The lowest BCUT2D eigenvalue weighted by Gasteiger charge is -2.34. The molecule has 2 rings (SSSR count). The summed E-state index contributed by atoms with van der Waals surface area (Å²) in [6.45, 7) is 7.06. The third-order valence-electron chi connectivity index (χ3n) is 4.10. The van der Waals surface area contributed by atoms with Crippen LogP contribution in [0, 0.1) is 6.92 Å². The highest BCUT2D eigenvalue weighted by molar-refractivity contribution is 5.79. The minimum absolute atomic E-state index is 0.476. The average Bonchev–Trinajstić information content (AvgIpc) is 2.58. The van der Waals surface area contributed by atoms with Crippen molar-refractivity contribution in [2.75, 3.05) is 31.6 Å². The maximum atomic E-state index is 4.62. The van der Waals surface area contributed by atoms with Crippen LogP contribution >= 0.6 is 0 Å². The zero-order valence-corrected chi connectivity index (χ0v) is 14.5. The van der Waals surface area contributed by atoms with Gasteiger partial charge in [0.05, 0.1) is 0 Å². The van der Waals surface area contributed by atoms with Gasteiger partial charge in [0.15, 0.2) is 5.96 Å². The molecule has 2 heterocycles. The molecule has 23 heavy (non-hydrogen) atoms. The minimum Gasteiger partial charge on any atom is -0.356 e. The number of aromatic nitrogens is 1. The first kappa shape index (κ1) is 17.3. The predicted octanol–water partition coefficient (Wildman–Crippen LogP) is 2.49. The fourth-order valence-electron chi connectivity index (χ4n) is 2.79. The molecule has 0 bridgehead atoms. The van der Waals surface area contributed by atoms with E-state index in [9.17, 15) is 0 Å². The Labute approximate surface area is 139 Å². The number of hydrogen-bond acceptors (Lipinski definition) is 3. The summed E-state index contributed by atoms with van der Waals surface area (Å²) in [5.74, 6) is 2.00. The highest BCUT2D eigenvalue weighted by Gasteiger charge is 2.20. The number of guanidine groups is 1. The lowest BCUT2D eigenvalue weighted by Crippen LogP contribution is -2.49. The van der Waals surface area contributed by atoms with Crippen molar-refractivity contribution in [3.63, 3.8) is 0 Å². The monoisotopic (exact) mass is 315 g/mol. The number of hydrogen-bond donors (Lipinski definition) is 2. The van der Waals surface area contributed by atoms with Crippen LogP contribution in [0.25, 0.3) is 0 Å². The van der Waals surface area contributed by atoms with E-state index in [0.717, 1.165) is 56.4 Å². The molecule has 0 aromatic carbocycles. The van der Waals surface area contributed by atoms with Crippen molar-refractivity contribution < 1.29 is 0 Å². The molecule has 0 saturated carbocycles. The van der Waals surface area contributed by atoms with Crippen molar-refractivity contribution in [1.82, 2.24) is 15.6 Å². The first-order valence-electron chi connectivity index (χ1n) is 8.50. The summed E-state index contributed by atoms with van der Waals surface area (Å²) < 4.78 is 0. The Morgan fingerprint density at radius 2 is 2.17 bits per heavy atom. The van der Waals surface area contributed by atoms with Crippen molar-refractivity contribution in [1.29, 1.82) is 0 Å². The van der Waals surface area contributed by atoms with E-state index < -0.39 is 0 Å². The fraction of sp³-hybridized carbons (Fsp3) is 0.556. The van der Waals surface area contributed by atoms with Gasteiger partial charge in [-0.1, -0.05) is 18.2 Å². The van der Waals surface area contributed by atoms with Crippen LogP contribution in [0.2, 0.25) is 0 Å². The molecule has 0 atom stereocenters. The summed E-state index contributed by atoms with van der Waals surface area (Å²) in [7, 11) is 1.83. The zero-order chi connectivity index (χ0) is 16.5. The maximum absolute atomic E-state index is 4.62. The highest BCUT2D eigenvalue weighted by Crippen LogP contribution is 2.18. The van der Waals surface area contributed by atoms with Gasteiger partial charge in [-0.2, -0.15) is 0 Å². The summed E-state index contributed by atoms with van der Waals surface area (Å²) in [6.07, 6.45) is 7.46. The quantitative estimate of drug-likeness (QED) is 0.379. The highest BCUT2D eigenvalue weighted by atomic mass is 15.2. The third kappa shape index (κ3) is 5.58. The molecular formula is C18H29N5. The number of pyridine rings is 1. The topological polar surface area (TPSA) is 52.6 Å². The van der Waals surface area contributed by atoms with Crippen LogP contribution in [0.15, 0.2) is 35.3 Å². The average molecular weight is 315 g/mol. The number of allylic oxidation sites excluding steroid dienone is 1. The van der Waals surface area contributed by atoms with E-state index in [4.69, 9.17) is 0 Å². The van der Waals surface area contributed by atoms with E-state index in [-0.39, 0.29) is 0 Å². The van der Waals surface area contributed by atoms with Gasteiger partial charge in [0.1, 0.15) is 5.82 Å². The van der Waals surface area contributed by atoms with E-state index in [1.165, 1.54) is 0 Å². The number of nitrogens with one attached hydrogen (secondary N) is 2. The van der Waals surface area contributed by atoms with Gasteiger partial charge in [0, 0.05) is 38.4 Å². The van der Waals surface area contributed by atoms with Crippen LogP contribution in [-0.2, 0) is 0 Å². The Bertz CT molecular complexity index is 530. The predicted molar refractivity (Wildman–Crippen MR) is 98.1 cm³/mol. The number of rotatable bonds is 5. The van der Waals surface area contributed by atoms with Crippen molar-refractivity contribution in [2.24, 2.45) is 4.99 Å². The Morgan fingerprint density at radius 1 is 1.39 bits per heavy atom. The van der Waals surface area contributed by atoms with Gasteiger partial charge in [-0.15, -0.1) is 0 Å². The lowest BCUT2D eigenvalue weighted by molar-refractivity contribution is 0.459. The van der Waals surface area contributed by atoms with Crippen LogP contribution in [0.3, 0.4) is 0 Å². The molecule has 0 amide bonds. The standard InChI is InChI=1S/C18H29N5/c1-4-5-6-12-20-18(19-3)22-16-10-13-23(14-11-16)17-9-7-8-15(2)21-17/h4-5,7-9,16H,6,10-14H2,1-3H3,(H2,19,20,22). The molecule has 5 nitrogen and oxygen atoms in total. The van der Waals surface area contributed by atoms with Crippen molar-refractivity contribution in [2.45, 2.75) is 39.2 Å². The largest absolute Gasteiger partial charge is 0.356 e.